The zero-order valence-corrected chi connectivity index (χ0v) is 13.3. The molecule has 24 heavy (non-hydrogen) atoms. The van der Waals surface area contributed by atoms with Gasteiger partial charge in [-0.15, -0.1) is 0 Å². The van der Waals surface area contributed by atoms with Crippen molar-refractivity contribution >= 4 is 17.9 Å². The van der Waals surface area contributed by atoms with Crippen molar-refractivity contribution in [1.29, 1.82) is 0 Å². The van der Waals surface area contributed by atoms with E-state index in [-0.39, 0.29) is 23.3 Å². The summed E-state index contributed by atoms with van der Waals surface area (Å²) in [7, 11) is 1.60. The minimum absolute atomic E-state index is 0.150. The van der Waals surface area contributed by atoms with Gasteiger partial charge >= 0.3 is 0 Å². The Morgan fingerprint density at radius 3 is 2.42 bits per heavy atom. The minimum atomic E-state index is -0.568. The number of hydrogen-bond donors (Lipinski definition) is 2. The lowest BCUT2D eigenvalue weighted by Gasteiger charge is -2.32. The Labute approximate surface area is 140 Å². The molecule has 1 heterocycles. The molecule has 1 aliphatic heterocycles. The number of rotatable bonds is 3. The van der Waals surface area contributed by atoms with Crippen LogP contribution in [-0.4, -0.2) is 34.9 Å². The Morgan fingerprint density at radius 1 is 1.08 bits per heavy atom. The van der Waals surface area contributed by atoms with Crippen molar-refractivity contribution in [3.8, 4) is 5.75 Å². The fourth-order valence-corrected chi connectivity index (χ4v) is 2.68. The van der Waals surface area contributed by atoms with Crippen LogP contribution in [-0.2, 0) is 16.0 Å². The van der Waals surface area contributed by atoms with Crippen molar-refractivity contribution in [3.05, 3.63) is 71.4 Å². The molecule has 0 aliphatic carbocycles. The molecule has 3 rings (SSSR count). The van der Waals surface area contributed by atoms with Crippen molar-refractivity contribution in [1.82, 2.24) is 10.2 Å². The van der Waals surface area contributed by atoms with Gasteiger partial charge in [-0.2, -0.15) is 0 Å². The normalized spacial score (nSPS) is 19.5. The van der Waals surface area contributed by atoms with Gasteiger partial charge in [-0.05, 0) is 29.3 Å². The molecule has 0 bridgehead atoms. The predicted octanol–water partition coefficient (Wildman–Crippen LogP) is 1.93. The molecule has 0 spiro atoms. The van der Waals surface area contributed by atoms with E-state index in [9.17, 15) is 14.7 Å². The quantitative estimate of drug-likeness (QED) is 0.849. The number of carbonyl (C=O) groups excluding carboxylic acids is 2. The molecule has 2 amide bonds. The SMILES string of the molecule is CN1C(=O)[C@H](Cc2ccccc2)NC(=O)/C1=C/c1ccc(O)cc1. The van der Waals surface area contributed by atoms with Crippen molar-refractivity contribution in [2.24, 2.45) is 0 Å². The molecule has 0 unspecified atom stereocenters. The van der Waals surface area contributed by atoms with Gasteiger partial charge in [0.1, 0.15) is 17.5 Å². The molecule has 5 nitrogen and oxygen atoms in total. The number of likely N-dealkylation sites (N-methyl/N-ethyl adjacent to an activating group) is 1. The highest BCUT2D eigenvalue weighted by Gasteiger charge is 2.34. The largest absolute Gasteiger partial charge is 0.508 e. The molecule has 2 aromatic rings. The summed E-state index contributed by atoms with van der Waals surface area (Å²) in [5, 5.41) is 12.1. The summed E-state index contributed by atoms with van der Waals surface area (Å²) in [6, 6.07) is 15.5. The number of amides is 2. The Hall–Kier alpha value is -3.08. The van der Waals surface area contributed by atoms with E-state index in [2.05, 4.69) is 5.32 Å². The van der Waals surface area contributed by atoms with E-state index >= 15 is 0 Å². The van der Waals surface area contributed by atoms with Crippen molar-refractivity contribution in [2.45, 2.75) is 12.5 Å². The second kappa shape index (κ2) is 6.58. The second-order valence-electron chi connectivity index (χ2n) is 5.73. The van der Waals surface area contributed by atoms with Crippen LogP contribution < -0.4 is 5.32 Å². The van der Waals surface area contributed by atoms with E-state index in [1.165, 1.54) is 17.0 Å². The van der Waals surface area contributed by atoms with Crippen LogP contribution in [0.25, 0.3) is 6.08 Å². The summed E-state index contributed by atoms with van der Waals surface area (Å²) in [5.74, 6) is -0.285. The Kier molecular flexibility index (Phi) is 4.33. The summed E-state index contributed by atoms with van der Waals surface area (Å²) in [6.45, 7) is 0. The Morgan fingerprint density at radius 2 is 1.75 bits per heavy atom. The van der Waals surface area contributed by atoms with Crippen LogP contribution in [0.15, 0.2) is 60.3 Å². The van der Waals surface area contributed by atoms with Gasteiger partial charge < -0.3 is 15.3 Å². The third-order valence-corrected chi connectivity index (χ3v) is 4.01. The van der Waals surface area contributed by atoms with Crippen LogP contribution in [0.3, 0.4) is 0 Å². The maximum Gasteiger partial charge on any atom is 0.268 e. The minimum Gasteiger partial charge on any atom is -0.508 e. The highest BCUT2D eigenvalue weighted by Crippen LogP contribution is 2.19. The number of nitrogens with zero attached hydrogens (tertiary/aromatic N) is 1. The zero-order chi connectivity index (χ0) is 17.1. The van der Waals surface area contributed by atoms with E-state index in [1.807, 2.05) is 30.3 Å². The van der Waals surface area contributed by atoms with Crippen molar-refractivity contribution < 1.29 is 14.7 Å². The molecular formula is C19H18N2O3. The fraction of sp³-hybridized carbons (Fsp3) is 0.158. The first-order valence-corrected chi connectivity index (χ1v) is 7.67. The molecule has 2 N–H and O–H groups in total. The van der Waals surface area contributed by atoms with Gasteiger partial charge in [0.25, 0.3) is 5.91 Å². The molecule has 1 fully saturated rings. The van der Waals surface area contributed by atoms with Crippen LogP contribution in [0.4, 0.5) is 0 Å². The number of piperazine rings is 1. The molecule has 0 saturated carbocycles. The predicted molar refractivity (Wildman–Crippen MR) is 90.9 cm³/mol. The van der Waals surface area contributed by atoms with Gasteiger partial charge in [0.15, 0.2) is 0 Å². The van der Waals surface area contributed by atoms with Crippen molar-refractivity contribution in [3.63, 3.8) is 0 Å². The standard InChI is InChI=1S/C19H18N2O3/c1-21-17(12-14-7-9-15(22)10-8-14)18(23)20-16(19(21)24)11-13-5-3-2-4-6-13/h2-10,12,16,22H,11H2,1H3,(H,20,23)/b17-12-/t16-/m0/s1. The maximum absolute atomic E-state index is 12.6. The molecule has 1 saturated heterocycles. The van der Waals surface area contributed by atoms with Crippen LogP contribution in [0, 0.1) is 0 Å². The van der Waals surface area contributed by atoms with E-state index < -0.39 is 6.04 Å². The summed E-state index contributed by atoms with van der Waals surface area (Å²) in [5.41, 5.74) is 2.02. The van der Waals surface area contributed by atoms with Gasteiger partial charge in [0, 0.05) is 13.5 Å². The van der Waals surface area contributed by atoms with Gasteiger partial charge in [-0.3, -0.25) is 9.59 Å². The van der Waals surface area contributed by atoms with Crippen LogP contribution >= 0.6 is 0 Å². The summed E-state index contributed by atoms with van der Waals surface area (Å²) < 4.78 is 0. The maximum atomic E-state index is 12.6. The number of aromatic hydroxyl groups is 1. The van der Waals surface area contributed by atoms with Crippen molar-refractivity contribution in [2.75, 3.05) is 7.05 Å². The molecule has 2 aromatic carbocycles. The molecule has 5 heteroatoms. The summed E-state index contributed by atoms with van der Waals surface area (Å²) in [4.78, 5) is 26.3. The smallest absolute Gasteiger partial charge is 0.268 e. The molecule has 1 atom stereocenters. The molecule has 0 aromatic heterocycles. The topological polar surface area (TPSA) is 69.6 Å². The lowest BCUT2D eigenvalue weighted by atomic mass is 10.0. The first kappa shape index (κ1) is 15.8. The third kappa shape index (κ3) is 3.30. The van der Waals surface area contributed by atoms with Gasteiger partial charge in [0.2, 0.25) is 5.91 Å². The Balaban J connectivity index is 1.80. The monoisotopic (exact) mass is 322 g/mol. The van der Waals surface area contributed by atoms with Crippen LogP contribution in [0.2, 0.25) is 0 Å². The van der Waals surface area contributed by atoms with Gasteiger partial charge in [-0.25, -0.2) is 0 Å². The number of hydrogen-bond acceptors (Lipinski definition) is 3. The van der Waals surface area contributed by atoms with E-state index in [0.717, 1.165) is 11.1 Å². The molecule has 0 radical (unpaired) electrons. The first-order valence-electron chi connectivity index (χ1n) is 7.67. The second-order valence-corrected chi connectivity index (χ2v) is 5.73. The molecule has 122 valence electrons. The lowest BCUT2D eigenvalue weighted by molar-refractivity contribution is -0.138. The Bertz CT molecular complexity index is 782. The highest BCUT2D eigenvalue weighted by atomic mass is 16.3. The number of benzene rings is 2. The highest BCUT2D eigenvalue weighted by molar-refractivity contribution is 6.07. The summed E-state index contributed by atoms with van der Waals surface area (Å²) in [6.07, 6.45) is 2.09. The number of phenolic OH excluding ortho intramolecular Hbond substituents is 1. The fourth-order valence-electron chi connectivity index (χ4n) is 2.68. The van der Waals surface area contributed by atoms with Crippen LogP contribution in [0.5, 0.6) is 5.75 Å². The third-order valence-electron chi connectivity index (χ3n) is 4.01. The van der Waals surface area contributed by atoms with Gasteiger partial charge in [0.05, 0.1) is 0 Å². The summed E-state index contributed by atoms with van der Waals surface area (Å²) >= 11 is 0. The molecule has 1 aliphatic rings. The van der Waals surface area contributed by atoms with Crippen LogP contribution in [0.1, 0.15) is 11.1 Å². The van der Waals surface area contributed by atoms with Gasteiger partial charge in [-0.1, -0.05) is 42.5 Å². The molecular weight excluding hydrogens is 304 g/mol. The number of carbonyl (C=O) groups is 2. The zero-order valence-electron chi connectivity index (χ0n) is 13.3. The average Bonchev–Trinajstić information content (AvgIpc) is 2.59. The van der Waals surface area contributed by atoms with E-state index in [0.29, 0.717) is 6.42 Å². The number of nitrogens with one attached hydrogen (secondary N) is 1. The first-order chi connectivity index (χ1) is 11.5. The van der Waals surface area contributed by atoms with E-state index in [4.69, 9.17) is 0 Å². The lowest BCUT2D eigenvalue weighted by Crippen LogP contribution is -2.56. The average molecular weight is 322 g/mol. The number of phenols is 1. The van der Waals surface area contributed by atoms with E-state index in [1.54, 1.807) is 25.3 Å².